The molecular weight excluding hydrogens is 256 g/mol. The second kappa shape index (κ2) is 9.74. The Hall–Kier alpha value is -2.15. The van der Waals surface area contributed by atoms with Gasteiger partial charge in [0, 0.05) is 12.3 Å². The normalized spacial score (nSPS) is 9.30. The molecule has 4 nitrogen and oxygen atoms in total. The van der Waals surface area contributed by atoms with Crippen molar-refractivity contribution in [2.75, 3.05) is 20.3 Å². The van der Waals surface area contributed by atoms with Crippen LogP contribution in [0.2, 0.25) is 0 Å². The highest BCUT2D eigenvalue weighted by Gasteiger charge is 1.95. The van der Waals surface area contributed by atoms with Gasteiger partial charge in [0.05, 0.1) is 20.3 Å². The maximum absolute atomic E-state index is 10.9. The summed E-state index contributed by atoms with van der Waals surface area (Å²) in [6, 6.07) is 7.47. The molecular formula is C16H20O4. The Morgan fingerprint density at radius 3 is 2.50 bits per heavy atom. The van der Waals surface area contributed by atoms with Gasteiger partial charge in [-0.3, -0.25) is 0 Å². The summed E-state index contributed by atoms with van der Waals surface area (Å²) in [6.45, 7) is 2.76. The van der Waals surface area contributed by atoms with E-state index >= 15 is 0 Å². The number of unbranched alkanes of at least 4 members (excludes halogenated alkanes) is 2. The zero-order valence-corrected chi connectivity index (χ0v) is 12.0. The first-order valence-corrected chi connectivity index (χ1v) is 6.68. The molecule has 4 heteroatoms. The first kappa shape index (κ1) is 15.9. The molecule has 0 unspecified atom stereocenters. The highest BCUT2D eigenvalue weighted by Crippen LogP contribution is 2.17. The second-order valence-electron chi connectivity index (χ2n) is 4.00. The summed E-state index contributed by atoms with van der Waals surface area (Å²) in [7, 11) is 1.63. The maximum atomic E-state index is 10.9. The van der Waals surface area contributed by atoms with Crippen molar-refractivity contribution >= 4 is 5.97 Å². The van der Waals surface area contributed by atoms with E-state index in [0.717, 1.165) is 24.3 Å². The average Bonchev–Trinajstić information content (AvgIpc) is 2.47. The molecule has 0 spiro atoms. The molecule has 1 aromatic carbocycles. The van der Waals surface area contributed by atoms with E-state index in [2.05, 4.69) is 11.8 Å². The van der Waals surface area contributed by atoms with Crippen LogP contribution in [-0.4, -0.2) is 26.3 Å². The molecule has 1 aromatic rings. The molecule has 0 aliphatic heterocycles. The van der Waals surface area contributed by atoms with Crippen LogP contribution in [0.1, 0.15) is 26.2 Å². The third kappa shape index (κ3) is 6.69. The summed E-state index contributed by atoms with van der Waals surface area (Å²) in [5, 5.41) is 0. The van der Waals surface area contributed by atoms with Crippen LogP contribution in [0.3, 0.4) is 0 Å². The molecule has 1 rings (SSSR count). The SMILES string of the molecule is CCOC(=O)C#CCCCCOc1ccc(OC)cc1. The first-order chi connectivity index (χ1) is 9.76. The number of rotatable bonds is 7. The van der Waals surface area contributed by atoms with Gasteiger partial charge in [-0.05, 0) is 44.0 Å². The summed E-state index contributed by atoms with van der Waals surface area (Å²) < 4.78 is 15.3. The molecule has 0 radical (unpaired) electrons. The van der Waals surface area contributed by atoms with Gasteiger partial charge in [-0.1, -0.05) is 5.92 Å². The maximum Gasteiger partial charge on any atom is 0.384 e. The van der Waals surface area contributed by atoms with E-state index in [9.17, 15) is 4.79 Å². The number of esters is 1. The smallest absolute Gasteiger partial charge is 0.384 e. The van der Waals surface area contributed by atoms with E-state index in [4.69, 9.17) is 14.2 Å². The summed E-state index contributed by atoms with van der Waals surface area (Å²) in [5.41, 5.74) is 0. The predicted molar refractivity (Wildman–Crippen MR) is 76.7 cm³/mol. The molecule has 20 heavy (non-hydrogen) atoms. The fraction of sp³-hybridized carbons (Fsp3) is 0.438. The van der Waals surface area contributed by atoms with E-state index < -0.39 is 5.97 Å². The third-order valence-electron chi connectivity index (χ3n) is 2.49. The van der Waals surface area contributed by atoms with E-state index in [1.54, 1.807) is 14.0 Å². The summed E-state index contributed by atoms with van der Waals surface area (Å²) >= 11 is 0. The van der Waals surface area contributed by atoms with Crippen molar-refractivity contribution in [1.82, 2.24) is 0 Å². The fourth-order valence-corrected chi connectivity index (χ4v) is 1.48. The van der Waals surface area contributed by atoms with Crippen molar-refractivity contribution in [2.24, 2.45) is 0 Å². The Morgan fingerprint density at radius 1 is 1.15 bits per heavy atom. The highest BCUT2D eigenvalue weighted by atomic mass is 16.5. The zero-order valence-electron chi connectivity index (χ0n) is 12.0. The van der Waals surface area contributed by atoms with Gasteiger partial charge < -0.3 is 14.2 Å². The van der Waals surface area contributed by atoms with Crippen molar-refractivity contribution in [3.8, 4) is 23.3 Å². The molecule has 0 saturated heterocycles. The van der Waals surface area contributed by atoms with Crippen molar-refractivity contribution in [1.29, 1.82) is 0 Å². The largest absolute Gasteiger partial charge is 0.497 e. The monoisotopic (exact) mass is 276 g/mol. The first-order valence-electron chi connectivity index (χ1n) is 6.68. The lowest BCUT2D eigenvalue weighted by Gasteiger charge is -2.06. The summed E-state index contributed by atoms with van der Waals surface area (Å²) in [5.74, 6) is 6.40. The summed E-state index contributed by atoms with van der Waals surface area (Å²) in [6.07, 6.45) is 2.46. The molecule has 0 atom stereocenters. The van der Waals surface area contributed by atoms with Crippen molar-refractivity contribution in [3.63, 3.8) is 0 Å². The molecule has 0 amide bonds. The number of hydrogen-bond donors (Lipinski definition) is 0. The molecule has 108 valence electrons. The van der Waals surface area contributed by atoms with Crippen LogP contribution in [0.4, 0.5) is 0 Å². The molecule has 0 bridgehead atoms. The molecule has 0 aromatic heterocycles. The molecule has 0 aliphatic carbocycles. The number of benzene rings is 1. The number of ether oxygens (including phenoxy) is 3. The Kier molecular flexibility index (Phi) is 7.74. The lowest BCUT2D eigenvalue weighted by atomic mass is 10.2. The standard InChI is InChI=1S/C16H20O4/c1-3-19-16(17)8-6-4-5-7-13-20-15-11-9-14(18-2)10-12-15/h9-12H,3-5,7,13H2,1-2H3. The van der Waals surface area contributed by atoms with Crippen molar-refractivity contribution in [3.05, 3.63) is 24.3 Å². The Labute approximate surface area is 120 Å². The van der Waals surface area contributed by atoms with E-state index in [1.165, 1.54) is 0 Å². The minimum absolute atomic E-state index is 0.364. The summed E-state index contributed by atoms with van der Waals surface area (Å²) in [4.78, 5) is 10.9. The Morgan fingerprint density at radius 2 is 1.85 bits per heavy atom. The lowest BCUT2D eigenvalue weighted by Crippen LogP contribution is -1.99. The van der Waals surface area contributed by atoms with E-state index in [1.807, 2.05) is 24.3 Å². The van der Waals surface area contributed by atoms with Crippen molar-refractivity contribution in [2.45, 2.75) is 26.2 Å². The molecule has 0 aliphatic rings. The second-order valence-corrected chi connectivity index (χ2v) is 4.00. The van der Waals surface area contributed by atoms with Crippen LogP contribution in [-0.2, 0) is 9.53 Å². The number of methoxy groups -OCH3 is 1. The van der Waals surface area contributed by atoms with Crippen LogP contribution >= 0.6 is 0 Å². The molecule has 0 saturated carbocycles. The third-order valence-corrected chi connectivity index (χ3v) is 2.49. The fourth-order valence-electron chi connectivity index (χ4n) is 1.48. The predicted octanol–water partition coefficient (Wildman–Crippen LogP) is 2.81. The zero-order chi connectivity index (χ0) is 14.6. The molecule has 0 fully saturated rings. The van der Waals surface area contributed by atoms with Crippen LogP contribution in [0, 0.1) is 11.8 Å². The molecule has 0 N–H and O–H groups in total. The minimum atomic E-state index is -0.456. The minimum Gasteiger partial charge on any atom is -0.497 e. The van der Waals surface area contributed by atoms with Crippen LogP contribution < -0.4 is 9.47 Å². The van der Waals surface area contributed by atoms with Crippen LogP contribution in [0.25, 0.3) is 0 Å². The quantitative estimate of drug-likeness (QED) is 0.332. The van der Waals surface area contributed by atoms with Gasteiger partial charge in [-0.15, -0.1) is 0 Å². The van der Waals surface area contributed by atoms with Crippen LogP contribution in [0.5, 0.6) is 11.5 Å². The van der Waals surface area contributed by atoms with E-state index in [0.29, 0.717) is 19.6 Å². The highest BCUT2D eigenvalue weighted by molar-refractivity contribution is 5.88. The van der Waals surface area contributed by atoms with Gasteiger partial charge in [-0.25, -0.2) is 4.79 Å². The topological polar surface area (TPSA) is 44.8 Å². The van der Waals surface area contributed by atoms with Gasteiger partial charge >= 0.3 is 5.97 Å². The van der Waals surface area contributed by atoms with Crippen LogP contribution in [0.15, 0.2) is 24.3 Å². The van der Waals surface area contributed by atoms with Gasteiger partial charge in [0.1, 0.15) is 11.5 Å². The number of carbonyl (C=O) groups excluding carboxylic acids is 1. The number of hydrogen-bond acceptors (Lipinski definition) is 4. The Bertz CT molecular complexity index is 454. The Balaban J connectivity index is 2.11. The van der Waals surface area contributed by atoms with Crippen molar-refractivity contribution < 1.29 is 19.0 Å². The van der Waals surface area contributed by atoms with Gasteiger partial charge in [0.25, 0.3) is 0 Å². The average molecular weight is 276 g/mol. The van der Waals surface area contributed by atoms with E-state index in [-0.39, 0.29) is 0 Å². The van der Waals surface area contributed by atoms with Gasteiger partial charge in [0.2, 0.25) is 0 Å². The molecule has 0 heterocycles. The lowest BCUT2D eigenvalue weighted by molar-refractivity contribution is -0.136. The number of carbonyl (C=O) groups is 1. The van der Waals surface area contributed by atoms with Gasteiger partial charge in [0.15, 0.2) is 0 Å². The van der Waals surface area contributed by atoms with Gasteiger partial charge in [-0.2, -0.15) is 0 Å².